The first-order valence-electron chi connectivity index (χ1n) is 9.56. The van der Waals surface area contributed by atoms with Crippen LogP contribution >= 0.6 is 0 Å². The largest absolute Gasteiger partial charge is 0.393 e. The van der Waals surface area contributed by atoms with E-state index in [0.29, 0.717) is 11.8 Å². The molecule has 1 saturated heterocycles. The lowest BCUT2D eigenvalue weighted by Gasteiger charge is -2.23. The molecule has 138 valence electrons. The minimum Gasteiger partial charge on any atom is -0.393 e. The quantitative estimate of drug-likeness (QED) is 0.299. The van der Waals surface area contributed by atoms with Crippen LogP contribution in [0.1, 0.15) is 80.1 Å². The van der Waals surface area contributed by atoms with Crippen LogP contribution in [-0.4, -0.2) is 11.9 Å². The van der Waals surface area contributed by atoms with Gasteiger partial charge >= 0.3 is 11.9 Å². The SMILES string of the molecule is CC(C)=CC(CCC1CC(=O)OC1=O)CC(C)CC(C)CC(C)C. The highest BCUT2D eigenvalue weighted by atomic mass is 16.6. The molecule has 1 fully saturated rings. The summed E-state index contributed by atoms with van der Waals surface area (Å²) >= 11 is 0. The fourth-order valence-corrected chi connectivity index (χ4v) is 4.10. The maximum Gasteiger partial charge on any atom is 0.317 e. The van der Waals surface area contributed by atoms with Crippen molar-refractivity contribution in [3.05, 3.63) is 11.6 Å². The van der Waals surface area contributed by atoms with E-state index in [1.165, 1.54) is 18.4 Å². The summed E-state index contributed by atoms with van der Waals surface area (Å²) in [6.07, 6.45) is 8.02. The number of ether oxygens (including phenoxy) is 1. The first kappa shape index (κ1) is 20.9. The Hall–Kier alpha value is -1.12. The van der Waals surface area contributed by atoms with Crippen molar-refractivity contribution in [2.24, 2.45) is 29.6 Å². The van der Waals surface area contributed by atoms with Crippen molar-refractivity contribution in [1.29, 1.82) is 0 Å². The molecule has 1 heterocycles. The third-order valence-electron chi connectivity index (χ3n) is 4.80. The first-order chi connectivity index (χ1) is 11.2. The standard InChI is InChI=1S/C21H36O3/c1-14(2)9-16(5)11-17(6)12-18(10-15(3)4)7-8-19-13-20(22)24-21(19)23/h10,14,16-19H,7-9,11-13H2,1-6H3. The Morgan fingerprint density at radius 1 is 1.08 bits per heavy atom. The number of hydrogen-bond donors (Lipinski definition) is 0. The topological polar surface area (TPSA) is 43.4 Å². The summed E-state index contributed by atoms with van der Waals surface area (Å²) in [5.41, 5.74) is 1.33. The summed E-state index contributed by atoms with van der Waals surface area (Å²) in [4.78, 5) is 22.8. The minimum absolute atomic E-state index is 0.222. The Labute approximate surface area is 148 Å². The Morgan fingerprint density at radius 3 is 2.21 bits per heavy atom. The first-order valence-corrected chi connectivity index (χ1v) is 9.56. The molecule has 3 heteroatoms. The van der Waals surface area contributed by atoms with Gasteiger partial charge in [0.1, 0.15) is 0 Å². The van der Waals surface area contributed by atoms with Crippen molar-refractivity contribution >= 4 is 11.9 Å². The number of carbonyl (C=O) groups is 2. The van der Waals surface area contributed by atoms with Crippen LogP contribution in [-0.2, 0) is 14.3 Å². The highest BCUT2D eigenvalue weighted by Gasteiger charge is 2.33. The van der Waals surface area contributed by atoms with Gasteiger partial charge in [-0.15, -0.1) is 0 Å². The number of carbonyl (C=O) groups excluding carboxylic acids is 2. The van der Waals surface area contributed by atoms with Gasteiger partial charge in [0.05, 0.1) is 12.3 Å². The zero-order valence-electron chi connectivity index (χ0n) is 16.4. The zero-order chi connectivity index (χ0) is 18.3. The molecule has 0 aliphatic carbocycles. The van der Waals surface area contributed by atoms with Crippen molar-refractivity contribution < 1.29 is 14.3 Å². The van der Waals surface area contributed by atoms with Crippen LogP contribution in [0.5, 0.6) is 0 Å². The molecule has 0 radical (unpaired) electrons. The third-order valence-corrected chi connectivity index (χ3v) is 4.80. The zero-order valence-corrected chi connectivity index (χ0v) is 16.4. The van der Waals surface area contributed by atoms with Crippen molar-refractivity contribution in [3.8, 4) is 0 Å². The van der Waals surface area contributed by atoms with E-state index < -0.39 is 0 Å². The summed E-state index contributed by atoms with van der Waals surface area (Å²) < 4.78 is 4.66. The molecule has 0 saturated carbocycles. The van der Waals surface area contributed by atoms with Crippen LogP contribution in [0.2, 0.25) is 0 Å². The summed E-state index contributed by atoms with van der Waals surface area (Å²) in [6.45, 7) is 13.5. The Morgan fingerprint density at radius 2 is 1.71 bits per heavy atom. The molecule has 24 heavy (non-hydrogen) atoms. The lowest BCUT2D eigenvalue weighted by atomic mass is 9.82. The van der Waals surface area contributed by atoms with E-state index in [4.69, 9.17) is 0 Å². The summed E-state index contributed by atoms with van der Waals surface area (Å²) in [6, 6.07) is 0. The van der Waals surface area contributed by atoms with Crippen molar-refractivity contribution in [3.63, 3.8) is 0 Å². The van der Waals surface area contributed by atoms with Crippen molar-refractivity contribution in [1.82, 2.24) is 0 Å². The van der Waals surface area contributed by atoms with E-state index in [2.05, 4.69) is 52.4 Å². The fourth-order valence-electron chi connectivity index (χ4n) is 4.10. The molecular formula is C21H36O3. The maximum atomic E-state index is 11.6. The van der Waals surface area contributed by atoms with Crippen LogP contribution in [0.3, 0.4) is 0 Å². The summed E-state index contributed by atoms with van der Waals surface area (Å²) in [7, 11) is 0. The van der Waals surface area contributed by atoms with E-state index in [-0.39, 0.29) is 24.3 Å². The second-order valence-corrected chi connectivity index (χ2v) is 8.59. The van der Waals surface area contributed by atoms with Crippen LogP contribution in [0.4, 0.5) is 0 Å². The van der Waals surface area contributed by atoms with Gasteiger partial charge in [-0.25, -0.2) is 0 Å². The molecule has 0 aromatic carbocycles. The minimum atomic E-state index is -0.361. The fraction of sp³-hybridized carbons (Fsp3) is 0.810. The highest BCUT2D eigenvalue weighted by Crippen LogP contribution is 2.30. The van der Waals surface area contributed by atoms with Gasteiger partial charge in [0.25, 0.3) is 0 Å². The number of rotatable bonds is 10. The van der Waals surface area contributed by atoms with Crippen LogP contribution in [0, 0.1) is 29.6 Å². The van der Waals surface area contributed by atoms with E-state index in [0.717, 1.165) is 31.1 Å². The van der Waals surface area contributed by atoms with Crippen LogP contribution < -0.4 is 0 Å². The molecule has 4 unspecified atom stereocenters. The van der Waals surface area contributed by atoms with E-state index in [1.54, 1.807) is 0 Å². The van der Waals surface area contributed by atoms with Crippen molar-refractivity contribution in [2.75, 3.05) is 0 Å². The molecule has 4 atom stereocenters. The molecule has 0 aromatic heterocycles. The van der Waals surface area contributed by atoms with E-state index in [9.17, 15) is 9.59 Å². The number of allylic oxidation sites excluding steroid dienone is 2. The number of hydrogen-bond acceptors (Lipinski definition) is 3. The average Bonchev–Trinajstić information content (AvgIpc) is 2.72. The second-order valence-electron chi connectivity index (χ2n) is 8.59. The maximum absolute atomic E-state index is 11.6. The van der Waals surface area contributed by atoms with Crippen LogP contribution in [0.25, 0.3) is 0 Å². The molecule has 0 bridgehead atoms. The van der Waals surface area contributed by atoms with Gasteiger partial charge in [0.2, 0.25) is 0 Å². The van der Waals surface area contributed by atoms with Gasteiger partial charge < -0.3 is 4.74 Å². The lowest BCUT2D eigenvalue weighted by Crippen LogP contribution is -2.13. The molecular weight excluding hydrogens is 300 g/mol. The molecule has 3 nitrogen and oxygen atoms in total. The molecule has 1 rings (SSSR count). The van der Waals surface area contributed by atoms with Crippen LogP contribution in [0.15, 0.2) is 11.6 Å². The monoisotopic (exact) mass is 336 g/mol. The molecule has 0 N–H and O–H groups in total. The Bertz CT molecular complexity index is 446. The van der Waals surface area contributed by atoms with E-state index in [1.807, 2.05) is 0 Å². The smallest absolute Gasteiger partial charge is 0.317 e. The van der Waals surface area contributed by atoms with Gasteiger partial charge in [0.15, 0.2) is 0 Å². The predicted octanol–water partition coefficient (Wildman–Crippen LogP) is 5.54. The molecule has 0 aromatic rings. The second kappa shape index (κ2) is 10.0. The van der Waals surface area contributed by atoms with Gasteiger partial charge in [-0.2, -0.15) is 0 Å². The highest BCUT2D eigenvalue weighted by molar-refractivity contribution is 5.94. The third kappa shape index (κ3) is 8.12. The average molecular weight is 337 g/mol. The number of esters is 2. The Kier molecular flexibility index (Phi) is 8.72. The molecule has 1 aliphatic rings. The predicted molar refractivity (Wildman–Crippen MR) is 98.4 cm³/mol. The van der Waals surface area contributed by atoms with Gasteiger partial charge in [-0.1, -0.05) is 39.3 Å². The summed E-state index contributed by atoms with van der Waals surface area (Å²) in [5, 5.41) is 0. The molecule has 0 spiro atoms. The van der Waals surface area contributed by atoms with E-state index >= 15 is 0 Å². The van der Waals surface area contributed by atoms with Crippen molar-refractivity contribution in [2.45, 2.75) is 80.1 Å². The number of cyclic esters (lactones) is 2. The lowest BCUT2D eigenvalue weighted by molar-refractivity contribution is -0.153. The van der Waals surface area contributed by atoms with Gasteiger partial charge in [-0.05, 0) is 69.6 Å². The normalized spacial score (nSPS) is 21.5. The summed E-state index contributed by atoms with van der Waals surface area (Å²) in [5.74, 6) is 1.77. The molecule has 1 aliphatic heterocycles. The van der Waals surface area contributed by atoms with Gasteiger partial charge in [-0.3, -0.25) is 9.59 Å². The van der Waals surface area contributed by atoms with Gasteiger partial charge in [0, 0.05) is 0 Å². The Balaban J connectivity index is 2.51. The molecule has 0 amide bonds.